The first-order valence-corrected chi connectivity index (χ1v) is 6.29. The fourth-order valence-corrected chi connectivity index (χ4v) is 1.68. The normalized spacial score (nSPS) is 16.6. The van der Waals surface area contributed by atoms with Gasteiger partial charge in [-0.05, 0) is 39.5 Å². The predicted octanol–water partition coefficient (Wildman–Crippen LogP) is 2.27. The Balaban J connectivity index is 2.50. The quantitative estimate of drug-likeness (QED) is 0.763. The van der Waals surface area contributed by atoms with E-state index in [1.807, 2.05) is 0 Å². The van der Waals surface area contributed by atoms with Crippen LogP contribution in [0, 0.1) is 18.3 Å². The van der Waals surface area contributed by atoms with Gasteiger partial charge in [-0.1, -0.05) is 0 Å². The Labute approximate surface area is 108 Å². The molecule has 100 valence electrons. The van der Waals surface area contributed by atoms with Gasteiger partial charge in [0.1, 0.15) is 5.60 Å². The number of Topliss-reactive ketones (excluding diaryl/α,β-unsaturated/α-hetero) is 1. The number of ketones is 1. The highest BCUT2D eigenvalue weighted by molar-refractivity contribution is 5.88. The molecule has 4 heteroatoms. The lowest BCUT2D eigenvalue weighted by molar-refractivity contribution is -0.121. The summed E-state index contributed by atoms with van der Waals surface area (Å²) in [6.45, 7) is 5.37. The summed E-state index contributed by atoms with van der Waals surface area (Å²) in [6, 6.07) is -0.437. The molecule has 1 aliphatic carbocycles. The van der Waals surface area contributed by atoms with Gasteiger partial charge in [-0.15, -0.1) is 12.3 Å². The van der Waals surface area contributed by atoms with Crippen molar-refractivity contribution in [1.29, 1.82) is 0 Å². The highest BCUT2D eigenvalue weighted by Crippen LogP contribution is 2.33. The van der Waals surface area contributed by atoms with Gasteiger partial charge in [0.2, 0.25) is 0 Å². The van der Waals surface area contributed by atoms with Crippen LogP contribution in [0.25, 0.3) is 0 Å². The van der Waals surface area contributed by atoms with Crippen LogP contribution in [0.2, 0.25) is 0 Å². The van der Waals surface area contributed by atoms with Crippen LogP contribution in [-0.2, 0) is 9.53 Å². The lowest BCUT2D eigenvalue weighted by Gasteiger charge is -2.23. The van der Waals surface area contributed by atoms with E-state index in [1.165, 1.54) is 0 Å². The van der Waals surface area contributed by atoms with Crippen LogP contribution in [0.1, 0.15) is 46.5 Å². The second-order valence-corrected chi connectivity index (χ2v) is 5.63. The molecule has 0 aromatic carbocycles. The lowest BCUT2D eigenvalue weighted by atomic mass is 10.0. The number of terminal acetylenes is 1. The standard InChI is InChI=1S/C14H21NO3/c1-5-6-7-11(16)12(10-8-9-10)15-13(17)18-14(2,3)4/h1,10,12H,6-9H2,2-4H3,(H,15,17). The van der Waals surface area contributed by atoms with Crippen LogP contribution in [-0.4, -0.2) is 23.5 Å². The van der Waals surface area contributed by atoms with Crippen molar-refractivity contribution in [1.82, 2.24) is 5.32 Å². The maximum Gasteiger partial charge on any atom is 0.408 e. The van der Waals surface area contributed by atoms with Crippen molar-refractivity contribution >= 4 is 11.9 Å². The van der Waals surface area contributed by atoms with E-state index in [1.54, 1.807) is 20.8 Å². The lowest BCUT2D eigenvalue weighted by Crippen LogP contribution is -2.44. The smallest absolute Gasteiger partial charge is 0.408 e. The van der Waals surface area contributed by atoms with Gasteiger partial charge < -0.3 is 10.1 Å². The molecule has 1 N–H and O–H groups in total. The molecule has 0 radical (unpaired) electrons. The number of hydrogen-bond acceptors (Lipinski definition) is 3. The van der Waals surface area contributed by atoms with E-state index in [-0.39, 0.29) is 11.7 Å². The Morgan fingerprint density at radius 2 is 2.06 bits per heavy atom. The number of ether oxygens (including phenoxy) is 1. The average Bonchev–Trinajstić information content (AvgIpc) is 3.03. The van der Waals surface area contributed by atoms with Gasteiger partial charge in [0.15, 0.2) is 5.78 Å². The third-order valence-corrected chi connectivity index (χ3v) is 2.63. The molecule has 0 aliphatic heterocycles. The number of carbonyl (C=O) groups excluding carboxylic acids is 2. The van der Waals surface area contributed by atoms with Crippen LogP contribution >= 0.6 is 0 Å². The summed E-state index contributed by atoms with van der Waals surface area (Å²) < 4.78 is 5.16. The van der Waals surface area contributed by atoms with Crippen LogP contribution in [0.15, 0.2) is 0 Å². The van der Waals surface area contributed by atoms with E-state index in [2.05, 4.69) is 11.2 Å². The Hall–Kier alpha value is -1.50. The Bertz CT molecular complexity index is 358. The van der Waals surface area contributed by atoms with Crippen molar-refractivity contribution in [3.63, 3.8) is 0 Å². The number of rotatable bonds is 5. The highest BCUT2D eigenvalue weighted by atomic mass is 16.6. The van der Waals surface area contributed by atoms with Crippen molar-refractivity contribution in [3.05, 3.63) is 0 Å². The molecule has 0 heterocycles. The molecule has 1 amide bonds. The molecule has 1 aliphatic rings. The maximum absolute atomic E-state index is 11.9. The second kappa shape index (κ2) is 5.90. The summed E-state index contributed by atoms with van der Waals surface area (Å²) in [5, 5.41) is 2.66. The third kappa shape index (κ3) is 5.22. The topological polar surface area (TPSA) is 55.4 Å². The Morgan fingerprint density at radius 3 is 2.50 bits per heavy atom. The minimum absolute atomic E-state index is 0.00121. The van der Waals surface area contributed by atoms with Crippen LogP contribution in [0.3, 0.4) is 0 Å². The zero-order valence-electron chi connectivity index (χ0n) is 11.3. The molecule has 0 aromatic heterocycles. The molecule has 1 unspecified atom stereocenters. The zero-order valence-corrected chi connectivity index (χ0v) is 11.3. The Morgan fingerprint density at radius 1 is 1.44 bits per heavy atom. The van der Waals surface area contributed by atoms with Crippen molar-refractivity contribution in [2.24, 2.45) is 5.92 Å². The minimum atomic E-state index is -0.556. The molecule has 1 rings (SSSR count). The van der Waals surface area contributed by atoms with E-state index in [9.17, 15) is 9.59 Å². The molecule has 0 saturated heterocycles. The average molecular weight is 251 g/mol. The summed E-state index contributed by atoms with van der Waals surface area (Å²) >= 11 is 0. The summed E-state index contributed by atoms with van der Waals surface area (Å²) in [4.78, 5) is 23.6. The van der Waals surface area contributed by atoms with Gasteiger partial charge in [-0.2, -0.15) is 0 Å². The number of carbonyl (C=O) groups is 2. The number of hydrogen-bond donors (Lipinski definition) is 1. The second-order valence-electron chi connectivity index (χ2n) is 5.63. The monoisotopic (exact) mass is 251 g/mol. The van der Waals surface area contributed by atoms with E-state index >= 15 is 0 Å². The molecule has 0 bridgehead atoms. The molecule has 1 fully saturated rings. The number of nitrogens with one attached hydrogen (secondary N) is 1. The Kier molecular flexibility index (Phi) is 4.77. The molecule has 18 heavy (non-hydrogen) atoms. The summed E-state index contributed by atoms with van der Waals surface area (Å²) in [6.07, 6.45) is 7.28. The van der Waals surface area contributed by atoms with Crippen LogP contribution in [0.4, 0.5) is 4.79 Å². The van der Waals surface area contributed by atoms with E-state index in [4.69, 9.17) is 11.2 Å². The molecule has 4 nitrogen and oxygen atoms in total. The first-order chi connectivity index (χ1) is 8.33. The van der Waals surface area contributed by atoms with Crippen molar-refractivity contribution in [3.8, 4) is 12.3 Å². The summed E-state index contributed by atoms with van der Waals surface area (Å²) in [7, 11) is 0. The van der Waals surface area contributed by atoms with Gasteiger partial charge in [0.05, 0.1) is 6.04 Å². The SMILES string of the molecule is C#CCCC(=O)C(NC(=O)OC(C)(C)C)C1CC1. The zero-order chi connectivity index (χ0) is 13.8. The van der Waals surface area contributed by atoms with E-state index in [0.29, 0.717) is 12.8 Å². The fraction of sp³-hybridized carbons (Fsp3) is 0.714. The molecule has 0 aromatic rings. The number of alkyl carbamates (subject to hydrolysis) is 1. The highest BCUT2D eigenvalue weighted by Gasteiger charge is 2.37. The third-order valence-electron chi connectivity index (χ3n) is 2.63. The molecule has 1 saturated carbocycles. The fourth-order valence-electron chi connectivity index (χ4n) is 1.68. The van der Waals surface area contributed by atoms with Gasteiger partial charge in [0, 0.05) is 12.8 Å². The maximum atomic E-state index is 11.9. The largest absolute Gasteiger partial charge is 0.444 e. The van der Waals surface area contributed by atoms with Gasteiger partial charge in [-0.25, -0.2) is 4.79 Å². The van der Waals surface area contributed by atoms with Gasteiger partial charge in [0.25, 0.3) is 0 Å². The van der Waals surface area contributed by atoms with Gasteiger partial charge >= 0.3 is 6.09 Å². The first kappa shape index (κ1) is 14.6. The van der Waals surface area contributed by atoms with Crippen molar-refractivity contribution < 1.29 is 14.3 Å². The minimum Gasteiger partial charge on any atom is -0.444 e. The van der Waals surface area contributed by atoms with Crippen molar-refractivity contribution in [2.75, 3.05) is 0 Å². The van der Waals surface area contributed by atoms with Crippen molar-refractivity contribution in [2.45, 2.75) is 58.1 Å². The molecule has 0 spiro atoms. The van der Waals surface area contributed by atoms with E-state index < -0.39 is 17.7 Å². The molecular formula is C14H21NO3. The summed E-state index contributed by atoms with van der Waals surface area (Å²) in [5.74, 6) is 2.69. The van der Waals surface area contributed by atoms with Crippen LogP contribution < -0.4 is 5.32 Å². The van der Waals surface area contributed by atoms with Gasteiger partial charge in [-0.3, -0.25) is 4.79 Å². The summed E-state index contributed by atoms with van der Waals surface area (Å²) in [5.41, 5.74) is -0.556. The molecular weight excluding hydrogens is 230 g/mol. The van der Waals surface area contributed by atoms with Crippen LogP contribution in [0.5, 0.6) is 0 Å². The number of amides is 1. The molecule has 1 atom stereocenters. The van der Waals surface area contributed by atoms with E-state index in [0.717, 1.165) is 12.8 Å². The first-order valence-electron chi connectivity index (χ1n) is 6.29. The predicted molar refractivity (Wildman–Crippen MR) is 69.0 cm³/mol.